The molecule has 0 spiro atoms. The van der Waals surface area contributed by atoms with Crippen LogP contribution in [0.5, 0.6) is 0 Å². The first-order chi connectivity index (χ1) is 12.6. The van der Waals surface area contributed by atoms with Gasteiger partial charge in [-0.05, 0) is 46.7 Å². The highest BCUT2D eigenvalue weighted by Gasteiger charge is 2.15. The van der Waals surface area contributed by atoms with Crippen LogP contribution in [0.2, 0.25) is 0 Å². The molecule has 0 aromatic carbocycles. The van der Waals surface area contributed by atoms with E-state index in [1.54, 1.807) is 0 Å². The SMILES string of the molecule is [2H]c1nc(Br)c([2H])c(N2C([2H])([2H])C([2H])([2H])C([2H])(C([2H])([2H])[2H])C([2H])([2H])C2([2H])[2H])c1[2H]. The summed E-state index contributed by atoms with van der Waals surface area (Å²) >= 11 is 2.80. The minimum Gasteiger partial charge on any atom is -0.371 e. The molecule has 2 nitrogen and oxygen atoms in total. The Morgan fingerprint density at radius 2 is 2.57 bits per heavy atom. The fourth-order valence-electron chi connectivity index (χ4n) is 0.793. The Bertz CT molecular complexity index is 793. The molecule has 0 amide bonds. The molecule has 1 aromatic heterocycles. The lowest BCUT2D eigenvalue weighted by molar-refractivity contribution is 0.438. The zero-order valence-electron chi connectivity index (χ0n) is 21.8. The Hall–Kier alpha value is -0.570. The summed E-state index contributed by atoms with van der Waals surface area (Å²) in [4.78, 5) is 3.29. The molecule has 1 aromatic rings. The highest BCUT2D eigenvalue weighted by atomic mass is 79.9. The maximum absolute atomic E-state index is 8.20. The van der Waals surface area contributed by atoms with Crippen LogP contribution in [0, 0.1) is 5.89 Å². The Balaban J connectivity index is 3.04. The second kappa shape index (κ2) is 4.30. The monoisotopic (exact) mass is 269 g/mol. The average Bonchev–Trinajstić information content (AvgIpc) is 2.52. The summed E-state index contributed by atoms with van der Waals surface area (Å²) in [6.07, 6.45) is -8.57. The third kappa shape index (κ3) is 2.27. The number of anilines is 1. The Kier molecular flexibility index (Phi) is 0.736. The summed E-state index contributed by atoms with van der Waals surface area (Å²) < 4.78 is 119. The van der Waals surface area contributed by atoms with E-state index in [0.717, 1.165) is 0 Å². The van der Waals surface area contributed by atoms with E-state index in [1.165, 1.54) is 0 Å². The molecule has 0 aliphatic carbocycles. The van der Waals surface area contributed by atoms with Gasteiger partial charge in [0.15, 0.2) is 0 Å². The van der Waals surface area contributed by atoms with Crippen LogP contribution in [-0.4, -0.2) is 18.0 Å². The molecule has 1 aliphatic heterocycles. The van der Waals surface area contributed by atoms with Gasteiger partial charge >= 0.3 is 0 Å². The second-order valence-electron chi connectivity index (χ2n) is 2.30. The van der Waals surface area contributed by atoms with Gasteiger partial charge in [-0.15, -0.1) is 0 Å². The summed E-state index contributed by atoms with van der Waals surface area (Å²) in [7, 11) is 0. The van der Waals surface area contributed by atoms with Gasteiger partial charge < -0.3 is 4.90 Å². The van der Waals surface area contributed by atoms with E-state index in [2.05, 4.69) is 20.9 Å². The van der Waals surface area contributed by atoms with Crippen molar-refractivity contribution in [1.82, 2.24) is 4.98 Å². The predicted octanol–water partition coefficient (Wildman–Crippen LogP) is 3.08. The Morgan fingerprint density at radius 1 is 1.79 bits per heavy atom. The van der Waals surface area contributed by atoms with Crippen molar-refractivity contribution >= 4 is 21.6 Å². The van der Waals surface area contributed by atoms with Crippen LogP contribution in [0.1, 0.15) is 40.2 Å². The molecule has 2 heterocycles. The van der Waals surface area contributed by atoms with Gasteiger partial charge in [0.05, 0.1) is 4.11 Å². The lowest BCUT2D eigenvalue weighted by Gasteiger charge is -2.32. The lowest BCUT2D eigenvalue weighted by Crippen LogP contribution is -2.32. The van der Waals surface area contributed by atoms with Crippen molar-refractivity contribution in [2.24, 2.45) is 5.89 Å². The van der Waals surface area contributed by atoms with E-state index in [9.17, 15) is 0 Å². The van der Waals surface area contributed by atoms with Crippen LogP contribution in [0.25, 0.3) is 0 Å². The molecule has 0 N–H and O–H groups in total. The van der Waals surface area contributed by atoms with E-state index in [0.29, 0.717) is 0 Å². The molecule has 1 aliphatic rings. The largest absolute Gasteiger partial charge is 0.371 e. The van der Waals surface area contributed by atoms with Crippen LogP contribution in [-0.2, 0) is 0 Å². The van der Waals surface area contributed by atoms with Crippen molar-refractivity contribution < 1.29 is 20.6 Å². The van der Waals surface area contributed by atoms with Crippen molar-refractivity contribution in [3.8, 4) is 0 Å². The molecule has 14 heavy (non-hydrogen) atoms. The summed E-state index contributed by atoms with van der Waals surface area (Å²) in [6, 6.07) is -1.83. The normalized spacial score (nSPS) is 51.8. The molecule has 0 unspecified atom stereocenters. The van der Waals surface area contributed by atoms with Gasteiger partial charge in [-0.25, -0.2) is 4.98 Å². The van der Waals surface area contributed by atoms with E-state index in [1.807, 2.05) is 0 Å². The molecule has 0 radical (unpaired) electrons. The number of rotatable bonds is 1. The minimum absolute atomic E-state index is 0.201. The highest BCUT2D eigenvalue weighted by Crippen LogP contribution is 2.23. The third-order valence-electron chi connectivity index (χ3n) is 1.36. The van der Waals surface area contributed by atoms with Gasteiger partial charge in [0, 0.05) is 41.3 Å². The van der Waals surface area contributed by atoms with Crippen LogP contribution < -0.4 is 4.90 Å². The molecule has 76 valence electrons. The maximum atomic E-state index is 8.20. The smallest absolute Gasteiger partial charge is 0.108 e. The van der Waals surface area contributed by atoms with Crippen LogP contribution >= 0.6 is 15.9 Å². The summed E-state index contributed by atoms with van der Waals surface area (Å²) in [5.41, 5.74) is -1.01. The lowest BCUT2D eigenvalue weighted by atomic mass is 9.99. The zero-order valence-corrected chi connectivity index (χ0v) is 8.36. The van der Waals surface area contributed by atoms with Crippen molar-refractivity contribution in [1.29, 1.82) is 0 Å². The molecule has 1 saturated heterocycles. The summed E-state index contributed by atoms with van der Waals surface area (Å²) in [5.74, 6) is -3.91. The maximum Gasteiger partial charge on any atom is 0.108 e. The third-order valence-corrected chi connectivity index (χ3v) is 1.73. The van der Waals surface area contributed by atoms with Crippen LogP contribution in [0.15, 0.2) is 22.9 Å². The Morgan fingerprint density at radius 3 is 3.29 bits per heavy atom. The molecular weight excluding hydrogens is 240 g/mol. The summed E-state index contributed by atoms with van der Waals surface area (Å²) in [6.45, 7) is -11.2. The fraction of sp³-hybridized carbons (Fsp3) is 0.545. The molecule has 1 fully saturated rings. The van der Waals surface area contributed by atoms with E-state index >= 15 is 0 Å². The second-order valence-corrected chi connectivity index (χ2v) is 3.05. The van der Waals surface area contributed by atoms with Gasteiger partial charge in [-0.2, -0.15) is 0 Å². The Labute approximate surface area is 115 Å². The standard InChI is InChI=1S/C11H15BrN2/c1-9-3-6-14(7-4-9)10-2-5-13-11(12)8-10/h2,5,8-9H,3-4,6-7H2,1H3/i1D3,2D,3D2,4D2,5D,6D2,7D2,8D,9D. The van der Waals surface area contributed by atoms with Crippen LogP contribution in [0.3, 0.4) is 0 Å². The predicted molar refractivity (Wildman–Crippen MR) is 62.5 cm³/mol. The van der Waals surface area contributed by atoms with Crippen LogP contribution in [0.4, 0.5) is 5.69 Å². The average molecular weight is 270 g/mol. The minimum atomic E-state index is -3.91. The molecule has 0 bridgehead atoms. The van der Waals surface area contributed by atoms with Crippen molar-refractivity contribution in [2.75, 3.05) is 17.9 Å². The van der Waals surface area contributed by atoms with E-state index in [4.69, 9.17) is 20.6 Å². The van der Waals surface area contributed by atoms with Gasteiger partial charge in [0.1, 0.15) is 4.60 Å². The van der Waals surface area contributed by atoms with Gasteiger partial charge in [-0.1, -0.05) is 6.85 Å². The number of halogens is 1. The number of aromatic nitrogens is 1. The van der Waals surface area contributed by atoms with Gasteiger partial charge in [0.2, 0.25) is 0 Å². The highest BCUT2D eigenvalue weighted by molar-refractivity contribution is 9.10. The number of piperidine rings is 1. The van der Waals surface area contributed by atoms with Gasteiger partial charge in [-0.3, -0.25) is 0 Å². The molecule has 0 atom stereocenters. The van der Waals surface area contributed by atoms with Gasteiger partial charge in [0.25, 0.3) is 0 Å². The van der Waals surface area contributed by atoms with Crippen molar-refractivity contribution in [3.63, 3.8) is 0 Å². The van der Waals surface area contributed by atoms with Crippen molar-refractivity contribution in [3.05, 3.63) is 22.9 Å². The molecule has 0 saturated carbocycles. The number of pyridine rings is 1. The first-order valence-corrected chi connectivity index (χ1v) is 4.35. The molecular formula is C11H15BrN2. The molecule has 3 heteroatoms. The fourth-order valence-corrected chi connectivity index (χ4v) is 1.07. The molecule has 2 rings (SSSR count). The zero-order chi connectivity index (χ0) is 23.2. The summed E-state index contributed by atoms with van der Waals surface area (Å²) in [5, 5.41) is 0. The van der Waals surface area contributed by atoms with E-state index in [-0.39, 0.29) is 4.90 Å². The quantitative estimate of drug-likeness (QED) is 0.729. The first kappa shape index (κ1) is 2.40. The van der Waals surface area contributed by atoms with Crippen molar-refractivity contribution in [2.45, 2.75) is 19.6 Å². The number of hydrogen-bond acceptors (Lipinski definition) is 2. The number of nitrogens with zero attached hydrogens (tertiary/aromatic N) is 2. The number of hydrogen-bond donors (Lipinski definition) is 0. The topological polar surface area (TPSA) is 16.1 Å². The first-order valence-electron chi connectivity index (χ1n) is 11.1. The van der Waals surface area contributed by atoms with E-state index < -0.39 is 67.0 Å².